The summed E-state index contributed by atoms with van der Waals surface area (Å²) in [7, 11) is 0. The highest BCUT2D eigenvalue weighted by molar-refractivity contribution is 6.30. The Kier molecular flexibility index (Phi) is 6.09. The van der Waals surface area contributed by atoms with Crippen molar-refractivity contribution in [1.82, 2.24) is 20.6 Å². The van der Waals surface area contributed by atoms with Crippen LogP contribution in [0.2, 0.25) is 5.02 Å². The molecule has 7 nitrogen and oxygen atoms in total. The molecule has 2 bridgehead atoms. The summed E-state index contributed by atoms with van der Waals surface area (Å²) >= 11 is 5.69. The van der Waals surface area contributed by atoms with Gasteiger partial charge in [0, 0.05) is 17.1 Å². The van der Waals surface area contributed by atoms with Crippen LogP contribution in [0.3, 0.4) is 0 Å². The van der Waals surface area contributed by atoms with Crippen molar-refractivity contribution in [1.29, 1.82) is 0 Å². The fourth-order valence-corrected chi connectivity index (χ4v) is 5.60. The van der Waals surface area contributed by atoms with Gasteiger partial charge in [-0.25, -0.2) is 9.37 Å². The van der Waals surface area contributed by atoms with Crippen LogP contribution in [0.5, 0.6) is 5.75 Å². The monoisotopic (exact) mass is 496 g/mol. The number of hydrogen-bond donors (Lipinski definition) is 2. The maximum absolute atomic E-state index is 13.6. The minimum Gasteiger partial charge on any atom is -0.484 e. The van der Waals surface area contributed by atoms with Gasteiger partial charge in [0.2, 0.25) is 0 Å². The number of nitrogens with zero attached hydrogens (tertiary/aromatic N) is 2. The predicted molar refractivity (Wildman–Crippen MR) is 130 cm³/mol. The molecule has 3 saturated carbocycles. The second kappa shape index (κ2) is 9.07. The zero-order chi connectivity index (χ0) is 24.6. The van der Waals surface area contributed by atoms with Gasteiger partial charge in [-0.05, 0) is 62.3 Å². The molecule has 182 valence electrons. The van der Waals surface area contributed by atoms with Crippen molar-refractivity contribution in [2.75, 3.05) is 6.61 Å². The Bertz CT molecular complexity index is 1290. The summed E-state index contributed by atoms with van der Waals surface area (Å²) < 4.78 is 19.0. The molecule has 2 aromatic carbocycles. The number of fused-ring (bicyclic) bond motifs is 4. The highest BCUT2D eigenvalue weighted by atomic mass is 35.5. The Labute approximate surface area is 207 Å². The normalized spacial score (nSPS) is 25.3. The summed E-state index contributed by atoms with van der Waals surface area (Å²) in [6, 6.07) is 11.5. The molecule has 2 amide bonds. The lowest BCUT2D eigenvalue weighted by molar-refractivity contribution is -0.127. The van der Waals surface area contributed by atoms with E-state index < -0.39 is 5.82 Å². The van der Waals surface area contributed by atoms with Crippen LogP contribution in [0.1, 0.15) is 49.5 Å². The fourth-order valence-electron chi connectivity index (χ4n) is 5.48. The van der Waals surface area contributed by atoms with Gasteiger partial charge in [-0.1, -0.05) is 30.7 Å². The van der Waals surface area contributed by atoms with Crippen molar-refractivity contribution >= 4 is 34.4 Å². The third kappa shape index (κ3) is 4.67. The van der Waals surface area contributed by atoms with Gasteiger partial charge < -0.3 is 15.4 Å². The first kappa shape index (κ1) is 23.5. The van der Waals surface area contributed by atoms with Crippen LogP contribution >= 0.6 is 11.6 Å². The Balaban J connectivity index is 1.20. The Morgan fingerprint density at radius 3 is 2.57 bits per heavy atom. The van der Waals surface area contributed by atoms with Crippen LogP contribution in [0.4, 0.5) is 4.39 Å². The van der Waals surface area contributed by atoms with E-state index in [1.165, 1.54) is 18.3 Å². The predicted octanol–water partition coefficient (Wildman–Crippen LogP) is 4.44. The van der Waals surface area contributed by atoms with E-state index in [2.05, 4.69) is 27.5 Å². The van der Waals surface area contributed by atoms with Crippen LogP contribution < -0.4 is 15.4 Å². The third-order valence-corrected chi connectivity index (χ3v) is 7.76. The van der Waals surface area contributed by atoms with Crippen molar-refractivity contribution in [3.05, 3.63) is 65.2 Å². The SMILES string of the molecule is CC1CC2(NC(=O)COc3ccc(Cl)c(F)c3)CCC1(NC(=O)c1cnc3ccccc3n1)CC2. The van der Waals surface area contributed by atoms with Gasteiger partial charge in [-0.15, -0.1) is 0 Å². The summed E-state index contributed by atoms with van der Waals surface area (Å²) in [6.45, 7) is 1.90. The molecule has 0 radical (unpaired) electrons. The van der Waals surface area contributed by atoms with E-state index in [0.29, 0.717) is 11.2 Å². The van der Waals surface area contributed by atoms with Gasteiger partial charge in [-0.2, -0.15) is 0 Å². The first-order valence-corrected chi connectivity index (χ1v) is 12.1. The molecular weight excluding hydrogens is 471 g/mol. The number of para-hydroxylation sites is 2. The number of hydrogen-bond acceptors (Lipinski definition) is 5. The second-order valence-electron chi connectivity index (χ2n) is 9.65. The van der Waals surface area contributed by atoms with E-state index >= 15 is 0 Å². The molecule has 0 spiro atoms. The number of amides is 2. The van der Waals surface area contributed by atoms with Gasteiger partial charge in [0.1, 0.15) is 17.3 Å². The summed E-state index contributed by atoms with van der Waals surface area (Å²) in [6.07, 6.45) is 5.28. The number of carbonyl (C=O) groups excluding carboxylic acids is 2. The van der Waals surface area contributed by atoms with Gasteiger partial charge in [0.05, 0.1) is 22.3 Å². The molecule has 3 aromatic rings. The van der Waals surface area contributed by atoms with E-state index in [9.17, 15) is 14.0 Å². The standard InChI is InChI=1S/C26H26ClFN4O3/c1-16-13-25(31-23(33)15-35-17-6-7-18(27)19(28)12-17)8-10-26(16,11-9-25)32-24(34)22-14-29-20-4-2-3-5-21(20)30-22/h2-7,12,14,16H,8-11,13,15H2,1H3,(H,31,33)(H,32,34). The summed E-state index contributed by atoms with van der Waals surface area (Å²) in [4.78, 5) is 34.5. The number of aromatic nitrogens is 2. The molecule has 1 unspecified atom stereocenters. The zero-order valence-corrected chi connectivity index (χ0v) is 20.1. The van der Waals surface area contributed by atoms with Crippen molar-refractivity contribution in [3.63, 3.8) is 0 Å². The van der Waals surface area contributed by atoms with Crippen molar-refractivity contribution < 1.29 is 18.7 Å². The molecule has 1 aromatic heterocycles. The van der Waals surface area contributed by atoms with E-state index in [0.717, 1.165) is 43.7 Å². The Morgan fingerprint density at radius 1 is 1.11 bits per heavy atom. The lowest BCUT2D eigenvalue weighted by Crippen LogP contribution is -2.67. The number of halogens is 2. The Hall–Kier alpha value is -3.26. The maximum Gasteiger partial charge on any atom is 0.271 e. The minimum atomic E-state index is -0.593. The summed E-state index contributed by atoms with van der Waals surface area (Å²) in [5.41, 5.74) is 1.06. The molecule has 35 heavy (non-hydrogen) atoms. The van der Waals surface area contributed by atoms with Crippen LogP contribution in [-0.2, 0) is 4.79 Å². The van der Waals surface area contributed by atoms with E-state index in [4.69, 9.17) is 16.3 Å². The van der Waals surface area contributed by atoms with Crippen LogP contribution in [-0.4, -0.2) is 39.5 Å². The van der Waals surface area contributed by atoms with Gasteiger partial charge in [-0.3, -0.25) is 14.6 Å². The molecule has 9 heteroatoms. The molecule has 3 aliphatic rings. The molecule has 3 aliphatic carbocycles. The number of ether oxygens (including phenoxy) is 1. The highest BCUT2D eigenvalue weighted by Crippen LogP contribution is 2.50. The largest absolute Gasteiger partial charge is 0.484 e. The Morgan fingerprint density at radius 2 is 1.86 bits per heavy atom. The summed E-state index contributed by atoms with van der Waals surface area (Å²) in [5.74, 6) is -0.660. The number of carbonyl (C=O) groups is 2. The van der Waals surface area contributed by atoms with E-state index in [1.807, 2.05) is 24.3 Å². The van der Waals surface area contributed by atoms with E-state index in [-0.39, 0.29) is 46.2 Å². The molecule has 0 saturated heterocycles. The zero-order valence-electron chi connectivity index (χ0n) is 19.3. The molecular formula is C26H26ClFN4O3. The van der Waals surface area contributed by atoms with E-state index in [1.54, 1.807) is 0 Å². The second-order valence-corrected chi connectivity index (χ2v) is 10.1. The number of rotatable bonds is 6. The fraction of sp³-hybridized carbons (Fsp3) is 0.385. The van der Waals surface area contributed by atoms with Crippen LogP contribution in [0, 0.1) is 11.7 Å². The molecule has 3 fully saturated rings. The van der Waals surface area contributed by atoms with Crippen molar-refractivity contribution in [2.45, 2.75) is 50.1 Å². The first-order valence-electron chi connectivity index (χ1n) is 11.7. The van der Waals surface area contributed by atoms with Crippen LogP contribution in [0.25, 0.3) is 11.0 Å². The molecule has 2 N–H and O–H groups in total. The molecule has 1 heterocycles. The topological polar surface area (TPSA) is 93.2 Å². The quantitative estimate of drug-likeness (QED) is 0.526. The minimum absolute atomic E-state index is 0.00215. The lowest BCUT2D eigenvalue weighted by Gasteiger charge is -2.57. The van der Waals surface area contributed by atoms with Crippen molar-refractivity contribution in [2.24, 2.45) is 5.92 Å². The molecule has 1 atom stereocenters. The average Bonchev–Trinajstić information content (AvgIpc) is 2.85. The molecule has 6 rings (SSSR count). The third-order valence-electron chi connectivity index (χ3n) is 7.45. The maximum atomic E-state index is 13.6. The van der Waals surface area contributed by atoms with Crippen molar-refractivity contribution in [3.8, 4) is 5.75 Å². The lowest BCUT2D eigenvalue weighted by atomic mass is 9.56. The average molecular weight is 497 g/mol. The summed E-state index contributed by atoms with van der Waals surface area (Å²) in [5, 5.41) is 6.40. The van der Waals surface area contributed by atoms with Gasteiger partial charge in [0.25, 0.3) is 11.8 Å². The van der Waals surface area contributed by atoms with Crippen LogP contribution in [0.15, 0.2) is 48.7 Å². The first-order chi connectivity index (χ1) is 16.8. The van der Waals surface area contributed by atoms with Gasteiger partial charge >= 0.3 is 0 Å². The number of nitrogens with one attached hydrogen (secondary N) is 2. The molecule has 0 aliphatic heterocycles. The van der Waals surface area contributed by atoms with Gasteiger partial charge in [0.15, 0.2) is 6.61 Å². The smallest absolute Gasteiger partial charge is 0.271 e. The number of benzene rings is 2. The highest BCUT2D eigenvalue weighted by Gasteiger charge is 2.54.